The Morgan fingerprint density at radius 3 is 2.38 bits per heavy atom. The molecule has 0 aromatic heterocycles. The van der Waals surface area contributed by atoms with Crippen molar-refractivity contribution in [1.82, 2.24) is 9.62 Å². The average molecular weight is 485 g/mol. The van der Waals surface area contributed by atoms with E-state index in [9.17, 15) is 13.2 Å². The molecule has 0 saturated heterocycles. The summed E-state index contributed by atoms with van der Waals surface area (Å²) in [5.74, 6) is 0.877. The summed E-state index contributed by atoms with van der Waals surface area (Å²) in [4.78, 5) is 12.1. The Hall–Kier alpha value is -2.10. The van der Waals surface area contributed by atoms with Gasteiger partial charge in [0.1, 0.15) is 18.1 Å². The molecule has 29 heavy (non-hydrogen) atoms. The van der Waals surface area contributed by atoms with Gasteiger partial charge in [-0.2, -0.15) is 0 Å². The maximum Gasteiger partial charge on any atom is 0.258 e. The van der Waals surface area contributed by atoms with Crippen molar-refractivity contribution in [3.63, 3.8) is 0 Å². The van der Waals surface area contributed by atoms with E-state index in [0.717, 1.165) is 15.2 Å². The minimum atomic E-state index is -3.46. The minimum Gasteiger partial charge on any atom is -0.492 e. The summed E-state index contributed by atoms with van der Waals surface area (Å²) >= 11 is 3.44. The van der Waals surface area contributed by atoms with Crippen LogP contribution in [0.15, 0.2) is 51.8 Å². The molecule has 158 valence electrons. The lowest BCUT2D eigenvalue weighted by atomic mass is 10.2. The molecule has 0 aliphatic heterocycles. The van der Waals surface area contributed by atoms with E-state index in [1.54, 1.807) is 12.1 Å². The van der Waals surface area contributed by atoms with Gasteiger partial charge in [-0.1, -0.05) is 13.0 Å². The van der Waals surface area contributed by atoms with Gasteiger partial charge < -0.3 is 14.8 Å². The molecule has 1 amide bonds. The molecule has 0 aliphatic carbocycles. The van der Waals surface area contributed by atoms with Crippen LogP contribution >= 0.6 is 15.9 Å². The summed E-state index contributed by atoms with van der Waals surface area (Å²) < 4.78 is 37.0. The van der Waals surface area contributed by atoms with Crippen LogP contribution in [0.1, 0.15) is 12.5 Å². The summed E-state index contributed by atoms with van der Waals surface area (Å²) in [5.41, 5.74) is 1.18. The van der Waals surface area contributed by atoms with Gasteiger partial charge in [0.05, 0.1) is 15.9 Å². The summed E-state index contributed by atoms with van der Waals surface area (Å²) in [6, 6.07) is 11.9. The number of sulfonamides is 1. The standard InChI is InChI=1S/C20H25BrN2O5S/c1-4-15-5-10-19(18(21)13-15)28-14-20(24)22-11-12-27-16-6-8-17(9-7-16)29(25,26)23(2)3/h5-10,13H,4,11-12,14H2,1-3H3,(H,22,24). The van der Waals surface area contributed by atoms with Crippen LogP contribution in [0.4, 0.5) is 0 Å². The van der Waals surface area contributed by atoms with Gasteiger partial charge in [0.2, 0.25) is 10.0 Å². The van der Waals surface area contributed by atoms with Gasteiger partial charge in [0.15, 0.2) is 6.61 Å². The number of aryl methyl sites for hydroxylation is 1. The third-order valence-electron chi connectivity index (χ3n) is 4.06. The highest BCUT2D eigenvalue weighted by molar-refractivity contribution is 9.10. The lowest BCUT2D eigenvalue weighted by Gasteiger charge is -2.12. The van der Waals surface area contributed by atoms with Crippen LogP contribution in [0.3, 0.4) is 0 Å². The van der Waals surface area contributed by atoms with Crippen LogP contribution < -0.4 is 14.8 Å². The topological polar surface area (TPSA) is 84.9 Å². The Morgan fingerprint density at radius 2 is 1.79 bits per heavy atom. The van der Waals surface area contributed by atoms with Crippen LogP contribution in [-0.2, 0) is 21.2 Å². The first kappa shape index (κ1) is 23.2. The van der Waals surface area contributed by atoms with Crippen LogP contribution in [-0.4, -0.2) is 52.5 Å². The molecule has 0 radical (unpaired) electrons. The number of nitrogens with zero attached hydrogens (tertiary/aromatic N) is 1. The fraction of sp³-hybridized carbons (Fsp3) is 0.350. The van der Waals surface area contributed by atoms with E-state index < -0.39 is 10.0 Å². The fourth-order valence-corrected chi connectivity index (χ4v) is 3.80. The van der Waals surface area contributed by atoms with Crippen LogP contribution in [0, 0.1) is 0 Å². The number of benzene rings is 2. The summed E-state index contributed by atoms with van der Waals surface area (Å²) in [5, 5.41) is 2.71. The molecule has 2 rings (SSSR count). The van der Waals surface area contributed by atoms with Gasteiger partial charge in [-0.25, -0.2) is 12.7 Å². The number of carbonyl (C=O) groups excluding carboxylic acids is 1. The van der Waals surface area contributed by atoms with Gasteiger partial charge in [0, 0.05) is 14.1 Å². The SMILES string of the molecule is CCc1ccc(OCC(=O)NCCOc2ccc(S(=O)(=O)N(C)C)cc2)c(Br)c1. The number of nitrogens with one attached hydrogen (secondary N) is 1. The predicted octanol–water partition coefficient (Wildman–Crippen LogP) is 2.84. The minimum absolute atomic E-state index is 0.0961. The van der Waals surface area contributed by atoms with E-state index in [0.29, 0.717) is 18.0 Å². The molecule has 7 nitrogen and oxygen atoms in total. The Bertz CT molecular complexity index is 930. The Morgan fingerprint density at radius 1 is 1.10 bits per heavy atom. The van der Waals surface area contributed by atoms with Crippen molar-refractivity contribution in [2.45, 2.75) is 18.2 Å². The van der Waals surface area contributed by atoms with Crippen molar-refractivity contribution in [2.75, 3.05) is 33.9 Å². The molecule has 0 bridgehead atoms. The molecule has 1 N–H and O–H groups in total. The highest BCUT2D eigenvalue weighted by atomic mass is 79.9. The largest absolute Gasteiger partial charge is 0.492 e. The van der Waals surface area contributed by atoms with Crippen molar-refractivity contribution >= 4 is 31.9 Å². The van der Waals surface area contributed by atoms with Crippen LogP contribution in [0.25, 0.3) is 0 Å². The molecule has 0 fully saturated rings. The molecule has 0 unspecified atom stereocenters. The van der Waals surface area contributed by atoms with Crippen molar-refractivity contribution < 1.29 is 22.7 Å². The Kier molecular flexibility index (Phi) is 8.48. The molecule has 0 spiro atoms. The van der Waals surface area contributed by atoms with Gasteiger partial charge in [-0.15, -0.1) is 0 Å². The number of amides is 1. The van der Waals surface area contributed by atoms with Gasteiger partial charge in [0.25, 0.3) is 5.91 Å². The van der Waals surface area contributed by atoms with Crippen molar-refractivity contribution in [3.05, 3.63) is 52.5 Å². The highest BCUT2D eigenvalue weighted by Crippen LogP contribution is 2.26. The first-order valence-electron chi connectivity index (χ1n) is 9.07. The number of ether oxygens (including phenoxy) is 2. The second-order valence-corrected chi connectivity index (χ2v) is 9.37. The van der Waals surface area contributed by atoms with E-state index in [1.807, 2.05) is 18.2 Å². The Balaban J connectivity index is 1.73. The number of hydrogen-bond donors (Lipinski definition) is 1. The summed E-state index contributed by atoms with van der Waals surface area (Å²) in [6.45, 7) is 2.52. The lowest BCUT2D eigenvalue weighted by Crippen LogP contribution is -2.32. The van der Waals surface area contributed by atoms with Gasteiger partial charge >= 0.3 is 0 Å². The average Bonchev–Trinajstić information content (AvgIpc) is 2.70. The monoisotopic (exact) mass is 484 g/mol. The number of rotatable bonds is 10. The predicted molar refractivity (Wildman–Crippen MR) is 115 cm³/mol. The second-order valence-electron chi connectivity index (χ2n) is 6.36. The summed E-state index contributed by atoms with van der Waals surface area (Å²) in [7, 11) is -0.508. The number of hydrogen-bond acceptors (Lipinski definition) is 5. The first-order valence-corrected chi connectivity index (χ1v) is 11.3. The van der Waals surface area contributed by atoms with Crippen molar-refractivity contribution in [3.8, 4) is 11.5 Å². The van der Waals surface area contributed by atoms with E-state index in [1.165, 1.54) is 31.8 Å². The summed E-state index contributed by atoms with van der Waals surface area (Å²) in [6.07, 6.45) is 0.924. The molecule has 9 heteroatoms. The quantitative estimate of drug-likeness (QED) is 0.524. The molecular formula is C20H25BrN2O5S. The van der Waals surface area contributed by atoms with Crippen molar-refractivity contribution in [1.29, 1.82) is 0 Å². The van der Waals surface area contributed by atoms with E-state index >= 15 is 0 Å². The van der Waals surface area contributed by atoms with Gasteiger partial charge in [-0.3, -0.25) is 4.79 Å². The lowest BCUT2D eigenvalue weighted by molar-refractivity contribution is -0.123. The smallest absolute Gasteiger partial charge is 0.258 e. The zero-order valence-corrected chi connectivity index (χ0v) is 19.0. The maximum atomic E-state index is 12.0. The van der Waals surface area contributed by atoms with E-state index in [-0.39, 0.29) is 24.0 Å². The molecule has 0 atom stereocenters. The molecule has 2 aromatic carbocycles. The third kappa shape index (κ3) is 6.73. The van der Waals surface area contributed by atoms with Crippen molar-refractivity contribution in [2.24, 2.45) is 0 Å². The second kappa shape index (κ2) is 10.6. The van der Waals surface area contributed by atoms with E-state index in [2.05, 4.69) is 28.2 Å². The van der Waals surface area contributed by atoms with Gasteiger partial charge in [-0.05, 0) is 64.3 Å². The molecule has 0 saturated carbocycles. The number of halogens is 1. The van der Waals surface area contributed by atoms with Crippen LogP contribution in [0.5, 0.6) is 11.5 Å². The Labute approximate surface area is 180 Å². The first-order chi connectivity index (χ1) is 13.7. The maximum absolute atomic E-state index is 12.0. The zero-order chi connectivity index (χ0) is 21.4. The molecule has 0 aliphatic rings. The normalized spacial score (nSPS) is 11.3. The zero-order valence-electron chi connectivity index (χ0n) is 16.6. The fourth-order valence-electron chi connectivity index (χ4n) is 2.35. The highest BCUT2D eigenvalue weighted by Gasteiger charge is 2.16. The van der Waals surface area contributed by atoms with E-state index in [4.69, 9.17) is 9.47 Å². The number of carbonyl (C=O) groups is 1. The molecular weight excluding hydrogens is 460 g/mol. The van der Waals surface area contributed by atoms with Crippen LogP contribution in [0.2, 0.25) is 0 Å². The third-order valence-corrected chi connectivity index (χ3v) is 6.51. The molecule has 0 heterocycles. The molecule has 2 aromatic rings.